The van der Waals surface area contributed by atoms with Gasteiger partial charge < -0.3 is 5.73 Å². The molecule has 0 saturated carbocycles. The Labute approximate surface area is 114 Å². The molecule has 2 nitrogen and oxygen atoms in total. The van der Waals surface area contributed by atoms with Crippen molar-refractivity contribution in [2.24, 2.45) is 5.73 Å². The number of rotatable bonds is 4. The second-order valence-electron chi connectivity index (χ2n) is 4.96. The highest BCUT2D eigenvalue weighted by molar-refractivity contribution is 6.09. The quantitative estimate of drug-likeness (QED) is 0.850. The maximum absolute atomic E-state index is 12.4. The van der Waals surface area contributed by atoms with Crippen LogP contribution >= 0.6 is 0 Å². The third-order valence-corrected chi connectivity index (χ3v) is 3.35. The van der Waals surface area contributed by atoms with E-state index in [4.69, 9.17) is 5.73 Å². The smallest absolute Gasteiger partial charge is 0.193 e. The van der Waals surface area contributed by atoms with Crippen molar-refractivity contribution in [1.82, 2.24) is 0 Å². The fourth-order valence-electron chi connectivity index (χ4n) is 2.08. The summed E-state index contributed by atoms with van der Waals surface area (Å²) >= 11 is 0. The molecule has 0 aromatic heterocycles. The van der Waals surface area contributed by atoms with Crippen molar-refractivity contribution in [3.63, 3.8) is 0 Å². The summed E-state index contributed by atoms with van der Waals surface area (Å²) in [6, 6.07) is 15.4. The van der Waals surface area contributed by atoms with Crippen molar-refractivity contribution in [1.29, 1.82) is 0 Å². The van der Waals surface area contributed by atoms with Crippen LogP contribution in [0.25, 0.3) is 0 Å². The van der Waals surface area contributed by atoms with Gasteiger partial charge in [0.05, 0.1) is 0 Å². The molecule has 0 amide bonds. The number of carbonyl (C=O) groups excluding carboxylic acids is 1. The van der Waals surface area contributed by atoms with Crippen molar-refractivity contribution < 1.29 is 4.79 Å². The van der Waals surface area contributed by atoms with Gasteiger partial charge in [-0.1, -0.05) is 48.9 Å². The van der Waals surface area contributed by atoms with Crippen molar-refractivity contribution >= 4 is 5.78 Å². The number of ketones is 1. The van der Waals surface area contributed by atoms with Gasteiger partial charge in [0, 0.05) is 11.1 Å². The molecule has 0 spiro atoms. The van der Waals surface area contributed by atoms with E-state index in [1.54, 1.807) is 0 Å². The van der Waals surface area contributed by atoms with Crippen LogP contribution in [0.1, 0.15) is 39.9 Å². The van der Waals surface area contributed by atoms with Crippen LogP contribution < -0.4 is 5.73 Å². The molecule has 0 saturated heterocycles. The van der Waals surface area contributed by atoms with Crippen LogP contribution in [-0.4, -0.2) is 12.3 Å². The molecule has 0 aliphatic rings. The highest BCUT2D eigenvalue weighted by atomic mass is 16.1. The van der Waals surface area contributed by atoms with Crippen LogP contribution in [0, 0.1) is 6.92 Å². The van der Waals surface area contributed by atoms with E-state index in [1.807, 2.05) is 55.5 Å². The first-order chi connectivity index (χ1) is 9.11. The number of benzene rings is 2. The van der Waals surface area contributed by atoms with Crippen LogP contribution in [0.2, 0.25) is 0 Å². The first-order valence-electron chi connectivity index (χ1n) is 6.53. The van der Waals surface area contributed by atoms with Crippen molar-refractivity contribution in [3.05, 3.63) is 70.8 Å². The van der Waals surface area contributed by atoms with E-state index in [0.717, 1.165) is 22.3 Å². The maximum Gasteiger partial charge on any atom is 0.193 e. The molecule has 1 unspecified atom stereocenters. The Hall–Kier alpha value is -1.93. The van der Waals surface area contributed by atoms with Crippen molar-refractivity contribution in [2.45, 2.75) is 19.8 Å². The number of hydrogen-bond donors (Lipinski definition) is 1. The zero-order valence-electron chi connectivity index (χ0n) is 11.4. The summed E-state index contributed by atoms with van der Waals surface area (Å²) in [5, 5.41) is 0. The maximum atomic E-state index is 12.4. The molecule has 19 heavy (non-hydrogen) atoms. The Balaban J connectivity index is 2.34. The van der Waals surface area contributed by atoms with Crippen LogP contribution in [-0.2, 0) is 0 Å². The Morgan fingerprint density at radius 2 is 1.74 bits per heavy atom. The first-order valence-corrected chi connectivity index (χ1v) is 6.53. The van der Waals surface area contributed by atoms with E-state index in [9.17, 15) is 4.79 Å². The summed E-state index contributed by atoms with van der Waals surface area (Å²) in [5.41, 5.74) is 9.34. The summed E-state index contributed by atoms with van der Waals surface area (Å²) in [6.45, 7) is 4.64. The van der Waals surface area contributed by atoms with Crippen molar-refractivity contribution in [3.8, 4) is 0 Å². The molecular formula is C17H19NO. The second kappa shape index (κ2) is 5.81. The summed E-state index contributed by atoms with van der Waals surface area (Å²) < 4.78 is 0. The van der Waals surface area contributed by atoms with Gasteiger partial charge in [0.2, 0.25) is 0 Å². The summed E-state index contributed by atoms with van der Waals surface area (Å²) in [5.74, 6) is 0.333. The molecule has 2 rings (SSSR count). The molecule has 0 bridgehead atoms. The Kier molecular flexibility index (Phi) is 4.13. The molecule has 0 aliphatic heterocycles. The van der Waals surface area contributed by atoms with E-state index in [1.165, 1.54) is 0 Å². The Morgan fingerprint density at radius 3 is 2.37 bits per heavy atom. The van der Waals surface area contributed by atoms with Gasteiger partial charge in [-0.15, -0.1) is 0 Å². The zero-order valence-corrected chi connectivity index (χ0v) is 11.4. The van der Waals surface area contributed by atoms with Gasteiger partial charge in [-0.3, -0.25) is 4.79 Å². The number of aryl methyl sites for hydroxylation is 1. The summed E-state index contributed by atoms with van der Waals surface area (Å²) in [4.78, 5) is 12.4. The van der Waals surface area contributed by atoms with E-state index >= 15 is 0 Å². The van der Waals surface area contributed by atoms with Crippen molar-refractivity contribution in [2.75, 3.05) is 6.54 Å². The third-order valence-electron chi connectivity index (χ3n) is 3.35. The van der Waals surface area contributed by atoms with Gasteiger partial charge >= 0.3 is 0 Å². The lowest BCUT2D eigenvalue weighted by Gasteiger charge is -2.10. The topological polar surface area (TPSA) is 43.1 Å². The Morgan fingerprint density at radius 1 is 1.11 bits per heavy atom. The average molecular weight is 253 g/mol. The molecule has 98 valence electrons. The summed E-state index contributed by atoms with van der Waals surface area (Å²) in [6.07, 6.45) is 0. The third kappa shape index (κ3) is 3.09. The molecule has 2 N–H and O–H groups in total. The average Bonchev–Trinajstić information content (AvgIpc) is 2.45. The van der Waals surface area contributed by atoms with E-state index in [0.29, 0.717) is 6.54 Å². The largest absolute Gasteiger partial charge is 0.330 e. The zero-order chi connectivity index (χ0) is 13.8. The molecule has 0 fully saturated rings. The van der Waals surface area contributed by atoms with Crippen LogP contribution in [0.3, 0.4) is 0 Å². The lowest BCUT2D eigenvalue weighted by Crippen LogP contribution is -2.10. The van der Waals surface area contributed by atoms with Crippen LogP contribution in [0.4, 0.5) is 0 Å². The number of nitrogens with two attached hydrogens (primary N) is 1. The van der Waals surface area contributed by atoms with Gasteiger partial charge in [0.1, 0.15) is 0 Å². The minimum Gasteiger partial charge on any atom is -0.330 e. The van der Waals surface area contributed by atoms with Crippen LogP contribution in [0.15, 0.2) is 48.5 Å². The molecule has 2 aromatic rings. The highest BCUT2D eigenvalue weighted by Crippen LogP contribution is 2.18. The fraction of sp³-hybridized carbons (Fsp3) is 0.235. The molecule has 2 heteroatoms. The minimum atomic E-state index is 0.0646. The van der Waals surface area contributed by atoms with E-state index < -0.39 is 0 Å². The predicted molar refractivity (Wildman–Crippen MR) is 78.5 cm³/mol. The van der Waals surface area contributed by atoms with Gasteiger partial charge in [-0.2, -0.15) is 0 Å². The first kappa shape index (κ1) is 13.5. The SMILES string of the molecule is Cc1cccc(C(=O)c2cccc(C(C)CN)c2)c1. The number of carbonyl (C=O) groups is 1. The molecule has 1 atom stereocenters. The van der Waals surface area contributed by atoms with Gasteiger partial charge in [0.15, 0.2) is 5.78 Å². The van der Waals surface area contributed by atoms with E-state index in [2.05, 4.69) is 6.92 Å². The van der Waals surface area contributed by atoms with E-state index in [-0.39, 0.29) is 11.7 Å². The lowest BCUT2D eigenvalue weighted by molar-refractivity contribution is 0.103. The predicted octanol–water partition coefficient (Wildman–Crippen LogP) is 3.29. The Bertz CT molecular complexity index is 589. The van der Waals surface area contributed by atoms with Gasteiger partial charge in [-0.25, -0.2) is 0 Å². The minimum absolute atomic E-state index is 0.0646. The molecule has 0 heterocycles. The molecule has 2 aromatic carbocycles. The monoisotopic (exact) mass is 253 g/mol. The molecular weight excluding hydrogens is 234 g/mol. The van der Waals surface area contributed by atoms with Gasteiger partial charge in [-0.05, 0) is 37.1 Å². The summed E-state index contributed by atoms with van der Waals surface area (Å²) in [7, 11) is 0. The van der Waals surface area contributed by atoms with Gasteiger partial charge in [0.25, 0.3) is 0 Å². The van der Waals surface area contributed by atoms with Crippen LogP contribution in [0.5, 0.6) is 0 Å². The number of hydrogen-bond acceptors (Lipinski definition) is 2. The normalized spacial score (nSPS) is 12.2. The second-order valence-corrected chi connectivity index (χ2v) is 4.96. The lowest BCUT2D eigenvalue weighted by atomic mass is 9.95. The fourth-order valence-corrected chi connectivity index (χ4v) is 2.08. The highest BCUT2D eigenvalue weighted by Gasteiger charge is 2.11. The molecule has 0 aliphatic carbocycles. The standard InChI is InChI=1S/C17H19NO/c1-12-5-3-7-15(9-12)17(19)16-8-4-6-14(10-16)13(2)11-18/h3-10,13H,11,18H2,1-2H3. The molecule has 0 radical (unpaired) electrons.